The number of hydrogen-bond acceptors (Lipinski definition) is 3. The van der Waals surface area contributed by atoms with Crippen molar-refractivity contribution in [1.29, 1.82) is 0 Å². The van der Waals surface area contributed by atoms with Gasteiger partial charge in [0, 0.05) is 24.6 Å². The summed E-state index contributed by atoms with van der Waals surface area (Å²) >= 11 is 0. The van der Waals surface area contributed by atoms with Crippen molar-refractivity contribution < 1.29 is 9.59 Å². The predicted octanol–water partition coefficient (Wildman–Crippen LogP) is 2.28. The average Bonchev–Trinajstić information content (AvgIpc) is 3.25. The predicted molar refractivity (Wildman–Crippen MR) is 90.3 cm³/mol. The Labute approximate surface area is 140 Å². The number of urea groups is 1. The Kier molecular flexibility index (Phi) is 4.79. The summed E-state index contributed by atoms with van der Waals surface area (Å²) in [4.78, 5) is 33.8. The molecule has 2 heterocycles. The standard InChI is InChI=1S/C17H21N5O2/c1-12(20-17(24)21-13-6-3-2-4-7-13)16(23)22-11-5-8-14(22)15-18-9-10-19-15/h2-4,6-7,9-10,12,14H,5,8,11H2,1H3,(H,18,19)(H2,20,21,24). The minimum absolute atomic E-state index is 0.0473. The van der Waals surface area contributed by atoms with Crippen LogP contribution in [-0.4, -0.2) is 39.4 Å². The fourth-order valence-electron chi connectivity index (χ4n) is 2.97. The lowest BCUT2D eigenvalue weighted by Crippen LogP contribution is -2.48. The number of aromatic amines is 1. The fraction of sp³-hybridized carbons (Fsp3) is 0.353. The molecule has 3 N–H and O–H groups in total. The quantitative estimate of drug-likeness (QED) is 0.805. The van der Waals surface area contributed by atoms with Gasteiger partial charge in [-0.2, -0.15) is 0 Å². The van der Waals surface area contributed by atoms with Crippen molar-refractivity contribution in [3.05, 3.63) is 48.5 Å². The number of aromatic nitrogens is 2. The van der Waals surface area contributed by atoms with E-state index in [4.69, 9.17) is 0 Å². The van der Waals surface area contributed by atoms with Gasteiger partial charge in [-0.3, -0.25) is 4.79 Å². The van der Waals surface area contributed by atoms with Crippen LogP contribution in [0.2, 0.25) is 0 Å². The first-order valence-electron chi connectivity index (χ1n) is 8.07. The molecule has 0 radical (unpaired) electrons. The monoisotopic (exact) mass is 327 g/mol. The number of nitrogens with one attached hydrogen (secondary N) is 3. The number of amides is 3. The second kappa shape index (κ2) is 7.16. The molecule has 2 aromatic rings. The molecule has 0 bridgehead atoms. The summed E-state index contributed by atoms with van der Waals surface area (Å²) in [6.45, 7) is 2.38. The lowest BCUT2D eigenvalue weighted by atomic mass is 10.2. The van der Waals surface area contributed by atoms with Crippen LogP contribution in [0.15, 0.2) is 42.7 Å². The van der Waals surface area contributed by atoms with Crippen molar-refractivity contribution in [3.63, 3.8) is 0 Å². The number of carbonyl (C=O) groups is 2. The van der Waals surface area contributed by atoms with Crippen LogP contribution < -0.4 is 10.6 Å². The van der Waals surface area contributed by atoms with Crippen molar-refractivity contribution in [2.75, 3.05) is 11.9 Å². The third kappa shape index (κ3) is 3.56. The molecule has 0 spiro atoms. The van der Waals surface area contributed by atoms with Crippen LogP contribution in [0.4, 0.5) is 10.5 Å². The number of rotatable bonds is 4. The van der Waals surface area contributed by atoms with Crippen molar-refractivity contribution >= 4 is 17.6 Å². The number of imidazole rings is 1. The number of benzene rings is 1. The molecule has 1 fully saturated rings. The Morgan fingerprint density at radius 2 is 2.12 bits per heavy atom. The number of anilines is 1. The van der Waals surface area contributed by atoms with Gasteiger partial charge in [-0.25, -0.2) is 9.78 Å². The van der Waals surface area contributed by atoms with Gasteiger partial charge in [-0.1, -0.05) is 18.2 Å². The molecule has 126 valence electrons. The van der Waals surface area contributed by atoms with Gasteiger partial charge in [0.15, 0.2) is 0 Å². The third-order valence-electron chi connectivity index (χ3n) is 4.12. The zero-order valence-electron chi connectivity index (χ0n) is 13.5. The molecular weight excluding hydrogens is 306 g/mol. The summed E-state index contributed by atoms with van der Waals surface area (Å²) in [5, 5.41) is 5.42. The van der Waals surface area contributed by atoms with E-state index in [2.05, 4.69) is 20.6 Å². The molecule has 1 aliphatic rings. The van der Waals surface area contributed by atoms with Crippen molar-refractivity contribution in [1.82, 2.24) is 20.2 Å². The number of nitrogens with zero attached hydrogens (tertiary/aromatic N) is 2. The molecule has 7 heteroatoms. The molecule has 0 saturated carbocycles. The third-order valence-corrected chi connectivity index (χ3v) is 4.12. The SMILES string of the molecule is CC(NC(=O)Nc1ccccc1)C(=O)N1CCCC1c1ncc[nH]1. The first-order chi connectivity index (χ1) is 11.6. The van der Waals surface area contributed by atoms with E-state index in [0.717, 1.165) is 18.7 Å². The fourth-order valence-corrected chi connectivity index (χ4v) is 2.97. The minimum Gasteiger partial charge on any atom is -0.347 e. The summed E-state index contributed by atoms with van der Waals surface area (Å²) in [6.07, 6.45) is 5.25. The van der Waals surface area contributed by atoms with Gasteiger partial charge in [-0.15, -0.1) is 0 Å². The number of carbonyl (C=O) groups excluding carboxylic acids is 2. The van der Waals surface area contributed by atoms with Gasteiger partial charge in [0.25, 0.3) is 0 Å². The van der Waals surface area contributed by atoms with Gasteiger partial charge in [0.2, 0.25) is 5.91 Å². The molecule has 1 aromatic heterocycles. The van der Waals surface area contributed by atoms with Crippen LogP contribution >= 0.6 is 0 Å². The van der Waals surface area contributed by atoms with E-state index in [1.54, 1.807) is 36.4 Å². The van der Waals surface area contributed by atoms with Crippen molar-refractivity contribution in [2.24, 2.45) is 0 Å². The van der Waals surface area contributed by atoms with Crippen molar-refractivity contribution in [3.8, 4) is 0 Å². The highest BCUT2D eigenvalue weighted by Crippen LogP contribution is 2.30. The first kappa shape index (κ1) is 16.0. The van der Waals surface area contributed by atoms with Crippen LogP contribution in [0.3, 0.4) is 0 Å². The highest BCUT2D eigenvalue weighted by molar-refractivity contribution is 5.93. The van der Waals surface area contributed by atoms with Crippen molar-refractivity contribution in [2.45, 2.75) is 31.8 Å². The van der Waals surface area contributed by atoms with E-state index in [0.29, 0.717) is 12.2 Å². The van der Waals surface area contributed by atoms with Crippen LogP contribution in [0.25, 0.3) is 0 Å². The van der Waals surface area contributed by atoms with Gasteiger partial charge in [-0.05, 0) is 31.9 Å². The molecule has 3 rings (SSSR count). The normalized spacial score (nSPS) is 18.2. The molecule has 2 atom stereocenters. The van der Waals surface area contributed by atoms with E-state index in [9.17, 15) is 9.59 Å². The topological polar surface area (TPSA) is 90.1 Å². The second-order valence-electron chi connectivity index (χ2n) is 5.85. The zero-order chi connectivity index (χ0) is 16.9. The largest absolute Gasteiger partial charge is 0.347 e. The summed E-state index contributed by atoms with van der Waals surface area (Å²) in [5.74, 6) is 0.693. The number of hydrogen-bond donors (Lipinski definition) is 3. The molecule has 0 aliphatic carbocycles. The Morgan fingerprint density at radius 3 is 2.83 bits per heavy atom. The molecule has 1 aliphatic heterocycles. The molecular formula is C17H21N5O2. The maximum atomic E-state index is 12.7. The zero-order valence-corrected chi connectivity index (χ0v) is 13.5. The Morgan fingerprint density at radius 1 is 1.33 bits per heavy atom. The first-order valence-corrected chi connectivity index (χ1v) is 8.07. The summed E-state index contributed by atoms with van der Waals surface area (Å²) in [6, 6.07) is 8.08. The molecule has 1 saturated heterocycles. The summed E-state index contributed by atoms with van der Waals surface area (Å²) in [5.41, 5.74) is 0.685. The minimum atomic E-state index is -0.607. The van der Waals surface area contributed by atoms with E-state index in [-0.39, 0.29) is 11.9 Å². The average molecular weight is 327 g/mol. The molecule has 7 nitrogen and oxygen atoms in total. The van der Waals surface area contributed by atoms with E-state index >= 15 is 0 Å². The van der Waals surface area contributed by atoms with Gasteiger partial charge in [0.1, 0.15) is 11.9 Å². The molecule has 24 heavy (non-hydrogen) atoms. The second-order valence-corrected chi connectivity index (χ2v) is 5.85. The smallest absolute Gasteiger partial charge is 0.319 e. The highest BCUT2D eigenvalue weighted by Gasteiger charge is 2.34. The van der Waals surface area contributed by atoms with Gasteiger partial charge in [0.05, 0.1) is 6.04 Å². The van der Waals surface area contributed by atoms with E-state index in [1.165, 1.54) is 0 Å². The Hall–Kier alpha value is -2.83. The Bertz CT molecular complexity index is 686. The molecule has 1 aromatic carbocycles. The van der Waals surface area contributed by atoms with E-state index < -0.39 is 12.1 Å². The van der Waals surface area contributed by atoms with Crippen LogP contribution in [0.1, 0.15) is 31.6 Å². The summed E-state index contributed by atoms with van der Waals surface area (Å²) in [7, 11) is 0. The molecule has 3 amide bonds. The number of para-hydroxylation sites is 1. The van der Waals surface area contributed by atoms with Crippen LogP contribution in [0.5, 0.6) is 0 Å². The lowest BCUT2D eigenvalue weighted by molar-refractivity contribution is -0.133. The number of H-pyrrole nitrogens is 1. The Balaban J connectivity index is 1.59. The maximum Gasteiger partial charge on any atom is 0.319 e. The van der Waals surface area contributed by atoms with Gasteiger partial charge < -0.3 is 20.5 Å². The summed E-state index contributed by atoms with van der Waals surface area (Å²) < 4.78 is 0. The number of likely N-dealkylation sites (tertiary alicyclic amines) is 1. The van der Waals surface area contributed by atoms with Crippen LogP contribution in [0, 0.1) is 0 Å². The molecule has 2 unspecified atom stereocenters. The lowest BCUT2D eigenvalue weighted by Gasteiger charge is -2.26. The highest BCUT2D eigenvalue weighted by atomic mass is 16.2. The van der Waals surface area contributed by atoms with Crippen LogP contribution in [-0.2, 0) is 4.79 Å². The van der Waals surface area contributed by atoms with Gasteiger partial charge >= 0.3 is 6.03 Å². The van der Waals surface area contributed by atoms with E-state index in [1.807, 2.05) is 18.2 Å². The maximum absolute atomic E-state index is 12.7.